The van der Waals surface area contributed by atoms with Gasteiger partial charge in [0.25, 0.3) is 0 Å². The fourth-order valence-electron chi connectivity index (χ4n) is 1.16. The number of fused-ring (bicyclic) bond motifs is 1. The fraction of sp³-hybridized carbons (Fsp3) is 0.125. The van der Waals surface area contributed by atoms with Gasteiger partial charge in [0, 0.05) is 16.9 Å². The van der Waals surface area contributed by atoms with Crippen LogP contribution in [0.2, 0.25) is 5.02 Å². The van der Waals surface area contributed by atoms with Gasteiger partial charge in [-0.1, -0.05) is 11.6 Å². The van der Waals surface area contributed by atoms with Crippen LogP contribution in [0, 0.1) is 6.92 Å². The minimum absolute atomic E-state index is 0.760. The summed E-state index contributed by atoms with van der Waals surface area (Å²) in [6.07, 6.45) is 1.76. The molecule has 2 nitrogen and oxygen atoms in total. The third-order valence-electron chi connectivity index (χ3n) is 1.64. The zero-order valence-corrected chi connectivity index (χ0v) is 6.84. The Morgan fingerprint density at radius 3 is 3.09 bits per heavy atom. The van der Waals surface area contributed by atoms with Crippen molar-refractivity contribution >= 4 is 17.1 Å². The average molecular weight is 167 g/mol. The molecule has 2 rings (SSSR count). The number of rotatable bonds is 0. The van der Waals surface area contributed by atoms with Crippen LogP contribution in [0.15, 0.2) is 24.4 Å². The third-order valence-corrected chi connectivity index (χ3v) is 1.86. The second-order valence-electron chi connectivity index (χ2n) is 2.48. The maximum absolute atomic E-state index is 5.84. The Morgan fingerprint density at radius 2 is 2.27 bits per heavy atom. The molecule has 0 aromatic carbocycles. The molecule has 0 fully saturated rings. The van der Waals surface area contributed by atoms with E-state index in [1.807, 2.05) is 29.6 Å². The monoisotopic (exact) mass is 166 g/mol. The summed E-state index contributed by atoms with van der Waals surface area (Å²) in [5.41, 5.74) is 2.09. The lowest BCUT2D eigenvalue weighted by molar-refractivity contribution is 0.915. The highest BCUT2D eigenvalue weighted by molar-refractivity contribution is 6.30. The second kappa shape index (κ2) is 2.24. The number of aryl methyl sites for hydroxylation is 1. The van der Waals surface area contributed by atoms with Crippen molar-refractivity contribution in [1.82, 2.24) is 9.61 Å². The Balaban J connectivity index is 2.91. The zero-order chi connectivity index (χ0) is 7.84. The molecule has 0 radical (unpaired) electrons. The van der Waals surface area contributed by atoms with Gasteiger partial charge in [-0.2, -0.15) is 5.10 Å². The molecule has 0 spiro atoms. The topological polar surface area (TPSA) is 17.3 Å². The van der Waals surface area contributed by atoms with Crippen molar-refractivity contribution in [2.75, 3.05) is 0 Å². The van der Waals surface area contributed by atoms with E-state index >= 15 is 0 Å². The molecule has 0 aliphatic rings. The molecule has 0 saturated heterocycles. The Bertz CT molecular complexity index is 392. The molecule has 0 saturated carbocycles. The van der Waals surface area contributed by atoms with E-state index in [1.54, 1.807) is 6.20 Å². The number of hydrogen-bond acceptors (Lipinski definition) is 1. The standard InChI is InChI=1S/C8H7ClN2/c1-6-4-7(9)5-8-2-3-10-11(6)8/h2-5H,1H3. The van der Waals surface area contributed by atoms with Gasteiger partial charge in [-0.15, -0.1) is 0 Å². The van der Waals surface area contributed by atoms with Gasteiger partial charge in [0.15, 0.2) is 0 Å². The Labute approximate surface area is 69.4 Å². The zero-order valence-electron chi connectivity index (χ0n) is 6.08. The third kappa shape index (κ3) is 0.994. The van der Waals surface area contributed by atoms with E-state index in [0.29, 0.717) is 0 Å². The number of nitrogens with zero attached hydrogens (tertiary/aromatic N) is 2. The van der Waals surface area contributed by atoms with Gasteiger partial charge < -0.3 is 0 Å². The Morgan fingerprint density at radius 1 is 1.45 bits per heavy atom. The number of aromatic nitrogens is 2. The van der Waals surface area contributed by atoms with Crippen molar-refractivity contribution in [3.8, 4) is 0 Å². The van der Waals surface area contributed by atoms with E-state index in [-0.39, 0.29) is 0 Å². The van der Waals surface area contributed by atoms with E-state index in [0.717, 1.165) is 16.2 Å². The van der Waals surface area contributed by atoms with Crippen LogP contribution in [0.3, 0.4) is 0 Å². The lowest BCUT2D eigenvalue weighted by atomic mass is 10.3. The molecule has 11 heavy (non-hydrogen) atoms. The van der Waals surface area contributed by atoms with Crippen molar-refractivity contribution in [3.63, 3.8) is 0 Å². The van der Waals surface area contributed by atoms with Crippen LogP contribution in [0.1, 0.15) is 5.69 Å². The smallest absolute Gasteiger partial charge is 0.0679 e. The molecule has 3 heteroatoms. The van der Waals surface area contributed by atoms with Crippen LogP contribution in [-0.2, 0) is 0 Å². The molecule has 2 aromatic rings. The van der Waals surface area contributed by atoms with Crippen molar-refractivity contribution in [1.29, 1.82) is 0 Å². The molecule has 0 aliphatic heterocycles. The summed E-state index contributed by atoms with van der Waals surface area (Å²) >= 11 is 5.84. The SMILES string of the molecule is Cc1cc(Cl)cc2ccnn12. The van der Waals surface area contributed by atoms with Crippen LogP contribution < -0.4 is 0 Å². The quantitative estimate of drug-likeness (QED) is 0.587. The van der Waals surface area contributed by atoms with Gasteiger partial charge in [0.05, 0.1) is 5.52 Å². The van der Waals surface area contributed by atoms with Crippen molar-refractivity contribution in [3.05, 3.63) is 35.1 Å². The van der Waals surface area contributed by atoms with Crippen LogP contribution in [0.4, 0.5) is 0 Å². The lowest BCUT2D eigenvalue weighted by Crippen LogP contribution is -1.91. The van der Waals surface area contributed by atoms with E-state index in [9.17, 15) is 0 Å². The predicted octanol–water partition coefficient (Wildman–Crippen LogP) is 2.30. The predicted molar refractivity (Wildman–Crippen MR) is 44.9 cm³/mol. The van der Waals surface area contributed by atoms with Crippen molar-refractivity contribution in [2.45, 2.75) is 6.92 Å². The molecule has 0 unspecified atom stereocenters. The van der Waals surface area contributed by atoms with E-state index in [2.05, 4.69) is 5.10 Å². The summed E-state index contributed by atoms with van der Waals surface area (Å²) in [7, 11) is 0. The van der Waals surface area contributed by atoms with Crippen molar-refractivity contribution < 1.29 is 0 Å². The fourth-order valence-corrected chi connectivity index (χ4v) is 1.43. The van der Waals surface area contributed by atoms with E-state index < -0.39 is 0 Å². The maximum atomic E-state index is 5.84. The molecular formula is C8H7ClN2. The summed E-state index contributed by atoms with van der Waals surface area (Å²) in [4.78, 5) is 0. The first-order valence-corrected chi connectivity index (χ1v) is 3.75. The Hall–Kier alpha value is -1.02. The van der Waals surface area contributed by atoms with Gasteiger partial charge in [0.1, 0.15) is 0 Å². The minimum atomic E-state index is 0.760. The summed E-state index contributed by atoms with van der Waals surface area (Å²) in [6.45, 7) is 1.98. The summed E-state index contributed by atoms with van der Waals surface area (Å²) in [6, 6.07) is 5.71. The number of pyridine rings is 1. The van der Waals surface area contributed by atoms with Gasteiger partial charge >= 0.3 is 0 Å². The van der Waals surface area contributed by atoms with E-state index in [1.165, 1.54) is 0 Å². The van der Waals surface area contributed by atoms with Crippen LogP contribution >= 0.6 is 11.6 Å². The maximum Gasteiger partial charge on any atom is 0.0679 e. The van der Waals surface area contributed by atoms with Crippen LogP contribution in [0.5, 0.6) is 0 Å². The molecule has 0 aliphatic carbocycles. The number of halogens is 1. The lowest BCUT2D eigenvalue weighted by Gasteiger charge is -1.98. The normalized spacial score (nSPS) is 10.7. The van der Waals surface area contributed by atoms with Gasteiger partial charge in [-0.05, 0) is 25.1 Å². The largest absolute Gasteiger partial charge is 0.238 e. The average Bonchev–Trinajstić information content (AvgIpc) is 2.34. The second-order valence-corrected chi connectivity index (χ2v) is 2.92. The molecule has 0 bridgehead atoms. The summed E-state index contributed by atoms with van der Waals surface area (Å²) < 4.78 is 1.85. The van der Waals surface area contributed by atoms with Gasteiger partial charge in [0.2, 0.25) is 0 Å². The van der Waals surface area contributed by atoms with Crippen molar-refractivity contribution in [2.24, 2.45) is 0 Å². The first-order chi connectivity index (χ1) is 5.27. The minimum Gasteiger partial charge on any atom is -0.238 e. The summed E-state index contributed by atoms with van der Waals surface area (Å²) in [5, 5.41) is 4.88. The van der Waals surface area contributed by atoms with Crippen LogP contribution in [-0.4, -0.2) is 9.61 Å². The first-order valence-electron chi connectivity index (χ1n) is 3.37. The highest BCUT2D eigenvalue weighted by atomic mass is 35.5. The molecule has 56 valence electrons. The van der Waals surface area contributed by atoms with Crippen LogP contribution in [0.25, 0.3) is 5.52 Å². The molecule has 2 aromatic heterocycles. The summed E-state index contributed by atoms with van der Waals surface area (Å²) in [5.74, 6) is 0. The van der Waals surface area contributed by atoms with E-state index in [4.69, 9.17) is 11.6 Å². The first kappa shape index (κ1) is 6.68. The highest BCUT2D eigenvalue weighted by Gasteiger charge is 1.97. The molecule has 0 N–H and O–H groups in total. The molecule has 0 amide bonds. The van der Waals surface area contributed by atoms with Gasteiger partial charge in [-0.25, -0.2) is 4.52 Å². The van der Waals surface area contributed by atoms with Gasteiger partial charge in [-0.3, -0.25) is 0 Å². The number of hydrogen-bond donors (Lipinski definition) is 0. The highest BCUT2D eigenvalue weighted by Crippen LogP contribution is 2.14. The Kier molecular flexibility index (Phi) is 1.36. The molecular weight excluding hydrogens is 160 g/mol. The molecule has 0 atom stereocenters. The molecule has 2 heterocycles.